The lowest BCUT2D eigenvalue weighted by Crippen LogP contribution is -2.14. The first-order valence-corrected chi connectivity index (χ1v) is 7.39. The van der Waals surface area contributed by atoms with Gasteiger partial charge in [-0.15, -0.1) is 0 Å². The quantitative estimate of drug-likeness (QED) is 0.880. The minimum atomic E-state index is 0.419. The van der Waals surface area contributed by atoms with E-state index in [1.807, 2.05) is 37.4 Å². The Balaban J connectivity index is 1.98. The van der Waals surface area contributed by atoms with E-state index in [4.69, 9.17) is 4.74 Å². The highest BCUT2D eigenvalue weighted by molar-refractivity contribution is 9.10. The summed E-state index contributed by atoms with van der Waals surface area (Å²) in [7, 11) is 0. The molecule has 0 amide bonds. The molecule has 5 heteroatoms. The summed E-state index contributed by atoms with van der Waals surface area (Å²) in [6.45, 7) is 6.23. The maximum atomic E-state index is 5.62. The van der Waals surface area contributed by atoms with Crippen LogP contribution >= 0.6 is 15.9 Å². The van der Waals surface area contributed by atoms with Gasteiger partial charge in [-0.1, -0.05) is 35.0 Å². The summed E-state index contributed by atoms with van der Waals surface area (Å²) in [5.74, 6) is 0. The van der Waals surface area contributed by atoms with Crippen molar-refractivity contribution in [3.63, 3.8) is 0 Å². The first kappa shape index (κ1) is 14.9. The summed E-state index contributed by atoms with van der Waals surface area (Å²) in [6.07, 6.45) is 1.82. The van der Waals surface area contributed by atoms with E-state index < -0.39 is 0 Å². The zero-order chi connectivity index (χ0) is 14.4. The van der Waals surface area contributed by atoms with Gasteiger partial charge in [0.25, 0.3) is 0 Å². The minimum absolute atomic E-state index is 0.419. The minimum Gasteiger partial charge on any atom is -0.459 e. The Kier molecular flexibility index (Phi) is 5.49. The van der Waals surface area contributed by atoms with Crippen LogP contribution in [0.4, 0.5) is 0 Å². The van der Waals surface area contributed by atoms with Gasteiger partial charge in [0.2, 0.25) is 0 Å². The molecule has 0 unspecified atom stereocenters. The van der Waals surface area contributed by atoms with Crippen LogP contribution < -0.4 is 10.1 Å². The number of halogens is 1. The van der Waals surface area contributed by atoms with Crippen molar-refractivity contribution in [1.82, 2.24) is 15.3 Å². The van der Waals surface area contributed by atoms with Gasteiger partial charge >= 0.3 is 6.01 Å². The second-order valence-electron chi connectivity index (χ2n) is 4.46. The average molecular weight is 336 g/mol. The highest BCUT2D eigenvalue weighted by Crippen LogP contribution is 2.14. The topological polar surface area (TPSA) is 47.0 Å². The standard InChI is InChI=1S/C15H18BrN3O/c1-3-17-8-13-9-18-15(19-11(13)2)20-10-12-5-4-6-14(16)7-12/h4-7,9,17H,3,8,10H2,1-2H3. The normalized spacial score (nSPS) is 10.6. The van der Waals surface area contributed by atoms with Crippen LogP contribution in [0.3, 0.4) is 0 Å². The summed E-state index contributed by atoms with van der Waals surface area (Å²) >= 11 is 3.44. The van der Waals surface area contributed by atoms with Crippen molar-refractivity contribution in [1.29, 1.82) is 0 Å². The third-order valence-electron chi connectivity index (χ3n) is 2.88. The lowest BCUT2D eigenvalue weighted by Gasteiger charge is -2.08. The Morgan fingerprint density at radius 2 is 2.20 bits per heavy atom. The zero-order valence-electron chi connectivity index (χ0n) is 11.7. The number of benzene rings is 1. The number of aromatic nitrogens is 2. The third kappa shape index (κ3) is 4.28. The molecule has 0 spiro atoms. The Labute approximate surface area is 127 Å². The molecule has 2 aromatic rings. The van der Waals surface area contributed by atoms with Crippen LogP contribution in [0, 0.1) is 6.92 Å². The summed E-state index contributed by atoms with van der Waals surface area (Å²) in [5, 5.41) is 3.26. The van der Waals surface area contributed by atoms with Gasteiger partial charge in [-0.05, 0) is 31.2 Å². The molecule has 0 aliphatic rings. The van der Waals surface area contributed by atoms with E-state index in [-0.39, 0.29) is 0 Å². The van der Waals surface area contributed by atoms with Crippen molar-refractivity contribution < 1.29 is 4.74 Å². The lowest BCUT2D eigenvalue weighted by atomic mass is 10.2. The van der Waals surface area contributed by atoms with E-state index in [9.17, 15) is 0 Å². The monoisotopic (exact) mass is 335 g/mol. The first-order valence-electron chi connectivity index (χ1n) is 6.59. The molecule has 0 bridgehead atoms. The van der Waals surface area contributed by atoms with Crippen LogP contribution in [0.5, 0.6) is 6.01 Å². The number of rotatable bonds is 6. The number of nitrogens with one attached hydrogen (secondary N) is 1. The maximum Gasteiger partial charge on any atom is 0.316 e. The van der Waals surface area contributed by atoms with Gasteiger partial charge in [-0.3, -0.25) is 0 Å². The van der Waals surface area contributed by atoms with Gasteiger partial charge in [0.05, 0.1) is 0 Å². The highest BCUT2D eigenvalue weighted by atomic mass is 79.9. The number of nitrogens with zero attached hydrogens (tertiary/aromatic N) is 2. The van der Waals surface area contributed by atoms with Gasteiger partial charge < -0.3 is 10.1 Å². The fourth-order valence-corrected chi connectivity index (χ4v) is 2.19. The summed E-state index contributed by atoms with van der Waals surface area (Å²) in [5.41, 5.74) is 3.13. The van der Waals surface area contributed by atoms with Crippen LogP contribution in [0.25, 0.3) is 0 Å². The molecule has 20 heavy (non-hydrogen) atoms. The lowest BCUT2D eigenvalue weighted by molar-refractivity contribution is 0.279. The number of aryl methyl sites for hydroxylation is 1. The van der Waals surface area contributed by atoms with Crippen LogP contribution in [-0.2, 0) is 13.2 Å². The number of hydrogen-bond donors (Lipinski definition) is 1. The molecule has 1 heterocycles. The fourth-order valence-electron chi connectivity index (χ4n) is 1.75. The largest absolute Gasteiger partial charge is 0.459 e. The molecule has 0 saturated carbocycles. The second-order valence-corrected chi connectivity index (χ2v) is 5.38. The summed E-state index contributed by atoms with van der Waals surface area (Å²) in [6, 6.07) is 8.42. The van der Waals surface area contributed by atoms with E-state index >= 15 is 0 Å². The molecule has 2 rings (SSSR count). The predicted molar refractivity (Wildman–Crippen MR) is 82.6 cm³/mol. The molecule has 0 saturated heterocycles. The van der Waals surface area contributed by atoms with Crippen LogP contribution in [-0.4, -0.2) is 16.5 Å². The van der Waals surface area contributed by atoms with Gasteiger partial charge in [0, 0.05) is 28.5 Å². The summed E-state index contributed by atoms with van der Waals surface area (Å²) < 4.78 is 6.66. The molecule has 1 N–H and O–H groups in total. The van der Waals surface area contributed by atoms with E-state index in [2.05, 4.69) is 38.1 Å². The van der Waals surface area contributed by atoms with Gasteiger partial charge in [0.1, 0.15) is 6.61 Å². The molecule has 0 radical (unpaired) electrons. The molecule has 0 aliphatic carbocycles. The van der Waals surface area contributed by atoms with Gasteiger partial charge in [-0.25, -0.2) is 9.97 Å². The number of ether oxygens (including phenoxy) is 1. The van der Waals surface area contributed by atoms with E-state index in [1.54, 1.807) is 0 Å². The fraction of sp³-hybridized carbons (Fsp3) is 0.333. The highest BCUT2D eigenvalue weighted by Gasteiger charge is 2.04. The molecule has 0 atom stereocenters. The van der Waals surface area contributed by atoms with Gasteiger partial charge in [-0.2, -0.15) is 0 Å². The molecule has 0 fully saturated rings. The SMILES string of the molecule is CCNCc1cnc(OCc2cccc(Br)c2)nc1C. The Morgan fingerprint density at radius 1 is 1.35 bits per heavy atom. The molecular formula is C15H18BrN3O. The zero-order valence-corrected chi connectivity index (χ0v) is 13.3. The predicted octanol–water partition coefficient (Wildman–Crippen LogP) is 3.24. The molecule has 1 aromatic carbocycles. The molecule has 1 aromatic heterocycles. The molecule has 4 nitrogen and oxygen atoms in total. The van der Waals surface area contributed by atoms with Crippen LogP contribution in [0.1, 0.15) is 23.7 Å². The van der Waals surface area contributed by atoms with Crippen LogP contribution in [0.2, 0.25) is 0 Å². The average Bonchev–Trinajstić information content (AvgIpc) is 2.44. The smallest absolute Gasteiger partial charge is 0.316 e. The Hall–Kier alpha value is -1.46. The third-order valence-corrected chi connectivity index (χ3v) is 3.37. The molecular weight excluding hydrogens is 318 g/mol. The van der Waals surface area contributed by atoms with Crippen molar-refractivity contribution in [2.24, 2.45) is 0 Å². The van der Waals surface area contributed by atoms with Crippen molar-refractivity contribution in [3.05, 3.63) is 51.8 Å². The van der Waals surface area contributed by atoms with Crippen molar-refractivity contribution in [2.45, 2.75) is 27.0 Å². The first-order chi connectivity index (χ1) is 9.69. The van der Waals surface area contributed by atoms with Crippen molar-refractivity contribution in [3.8, 4) is 6.01 Å². The van der Waals surface area contributed by atoms with Crippen LogP contribution in [0.15, 0.2) is 34.9 Å². The van der Waals surface area contributed by atoms with E-state index in [1.165, 1.54) is 0 Å². The Morgan fingerprint density at radius 3 is 2.90 bits per heavy atom. The second kappa shape index (κ2) is 7.36. The molecule has 0 aliphatic heterocycles. The maximum absolute atomic E-state index is 5.62. The van der Waals surface area contributed by atoms with Gasteiger partial charge in [0.15, 0.2) is 0 Å². The van der Waals surface area contributed by atoms with Crippen molar-refractivity contribution >= 4 is 15.9 Å². The van der Waals surface area contributed by atoms with Crippen molar-refractivity contribution in [2.75, 3.05) is 6.54 Å². The molecule has 106 valence electrons. The number of hydrogen-bond acceptors (Lipinski definition) is 4. The van der Waals surface area contributed by atoms with E-state index in [0.717, 1.165) is 34.4 Å². The summed E-state index contributed by atoms with van der Waals surface area (Å²) in [4.78, 5) is 8.62. The van der Waals surface area contributed by atoms with E-state index in [0.29, 0.717) is 12.6 Å². The Bertz CT molecular complexity index is 575.